The number of carboxylic acid groups (broad SMARTS) is 1. The van der Waals surface area contributed by atoms with Crippen molar-refractivity contribution in [3.8, 4) is 0 Å². The maximum absolute atomic E-state index is 12.9. The number of allylic oxidation sites excluding steroid dienone is 1. The van der Waals surface area contributed by atoms with Gasteiger partial charge in [-0.2, -0.15) is 0 Å². The lowest BCUT2D eigenvalue weighted by Gasteiger charge is -2.41. The average Bonchev–Trinajstić information content (AvgIpc) is 2.61. The summed E-state index contributed by atoms with van der Waals surface area (Å²) in [5.41, 5.74) is 5.08. The summed E-state index contributed by atoms with van der Waals surface area (Å²) in [7, 11) is 0. The maximum atomic E-state index is 12.9. The molecule has 4 heteroatoms. The molecule has 1 atom stereocenters. The van der Waals surface area contributed by atoms with Crippen molar-refractivity contribution in [1.82, 2.24) is 4.90 Å². The van der Waals surface area contributed by atoms with E-state index in [0.717, 1.165) is 12.8 Å². The van der Waals surface area contributed by atoms with Gasteiger partial charge in [0.1, 0.15) is 0 Å². The first-order valence-corrected chi connectivity index (χ1v) is 11.2. The zero-order valence-corrected chi connectivity index (χ0v) is 19.8. The molecule has 1 N–H and O–H groups in total. The third-order valence-corrected chi connectivity index (χ3v) is 6.29. The van der Waals surface area contributed by atoms with Crippen molar-refractivity contribution in [2.45, 2.75) is 86.0 Å². The molecule has 0 aliphatic carbocycles. The third kappa shape index (κ3) is 5.96. The van der Waals surface area contributed by atoms with E-state index in [1.807, 2.05) is 6.20 Å². The van der Waals surface area contributed by atoms with Crippen LogP contribution < -0.4 is 0 Å². The van der Waals surface area contributed by atoms with Gasteiger partial charge in [-0.3, -0.25) is 9.59 Å². The van der Waals surface area contributed by atoms with E-state index in [1.165, 1.54) is 22.3 Å². The predicted octanol–water partition coefficient (Wildman–Crippen LogP) is 5.87. The van der Waals surface area contributed by atoms with Crippen LogP contribution in [0.1, 0.15) is 83.9 Å². The lowest BCUT2D eigenvalue weighted by atomic mass is 9.67. The van der Waals surface area contributed by atoms with E-state index in [0.29, 0.717) is 30.7 Å². The van der Waals surface area contributed by atoms with Gasteiger partial charge in [-0.1, -0.05) is 59.7 Å². The van der Waals surface area contributed by atoms with Crippen LogP contribution >= 0.6 is 0 Å². The standard InChI is InChI=1S/C26H39NO3/c1-18(2)22-17-27(14-8-9-24(29)30)23(28)16-26(22,7)21-11-10-20(19(3)15-21)12-13-25(4,5)6/h10-11,15,17-18H,8-9,12-14,16H2,1-7H3,(H,29,30). The van der Waals surface area contributed by atoms with Crippen LogP contribution in [0, 0.1) is 18.3 Å². The summed E-state index contributed by atoms with van der Waals surface area (Å²) >= 11 is 0. The number of carbonyl (C=O) groups excluding carboxylic acids is 1. The number of aliphatic carboxylic acids is 1. The lowest BCUT2D eigenvalue weighted by Crippen LogP contribution is -2.42. The van der Waals surface area contributed by atoms with E-state index in [9.17, 15) is 9.59 Å². The number of benzene rings is 1. The first-order chi connectivity index (χ1) is 13.8. The number of hydrogen-bond donors (Lipinski definition) is 1. The van der Waals surface area contributed by atoms with Crippen molar-refractivity contribution in [2.75, 3.05) is 6.54 Å². The number of amides is 1. The molecule has 2 rings (SSSR count). The Morgan fingerprint density at radius 3 is 2.47 bits per heavy atom. The van der Waals surface area contributed by atoms with Crippen molar-refractivity contribution in [2.24, 2.45) is 11.3 Å². The molecule has 1 unspecified atom stereocenters. The normalized spacial score (nSPS) is 19.9. The van der Waals surface area contributed by atoms with Crippen LogP contribution in [0.2, 0.25) is 0 Å². The van der Waals surface area contributed by atoms with Crippen molar-refractivity contribution < 1.29 is 14.7 Å². The third-order valence-electron chi connectivity index (χ3n) is 6.29. The zero-order chi connectivity index (χ0) is 22.7. The van der Waals surface area contributed by atoms with Crippen LogP contribution in [0.15, 0.2) is 30.0 Å². The maximum Gasteiger partial charge on any atom is 0.303 e. The highest BCUT2D eigenvalue weighted by Gasteiger charge is 2.40. The first-order valence-electron chi connectivity index (χ1n) is 11.2. The molecule has 1 aliphatic rings. The largest absolute Gasteiger partial charge is 0.481 e. The summed E-state index contributed by atoms with van der Waals surface area (Å²) in [6.45, 7) is 16.0. The van der Waals surface area contributed by atoms with E-state index in [1.54, 1.807) is 4.90 Å². The molecule has 1 amide bonds. The molecule has 0 fully saturated rings. The van der Waals surface area contributed by atoms with Crippen molar-refractivity contribution in [1.29, 1.82) is 0 Å². The number of hydrogen-bond acceptors (Lipinski definition) is 2. The van der Waals surface area contributed by atoms with Crippen LogP contribution in [-0.2, 0) is 21.4 Å². The second-order valence-corrected chi connectivity index (χ2v) is 10.5. The van der Waals surface area contributed by atoms with Gasteiger partial charge in [0.25, 0.3) is 0 Å². The summed E-state index contributed by atoms with van der Waals surface area (Å²) < 4.78 is 0. The predicted molar refractivity (Wildman–Crippen MR) is 122 cm³/mol. The molecule has 166 valence electrons. The fourth-order valence-electron chi connectivity index (χ4n) is 4.36. The summed E-state index contributed by atoms with van der Waals surface area (Å²) in [5, 5.41) is 8.89. The molecule has 1 heterocycles. The van der Waals surface area contributed by atoms with E-state index < -0.39 is 5.97 Å². The minimum Gasteiger partial charge on any atom is -0.481 e. The topological polar surface area (TPSA) is 57.6 Å². The van der Waals surface area contributed by atoms with Crippen LogP contribution in [0.25, 0.3) is 0 Å². The number of nitrogens with zero attached hydrogens (tertiary/aromatic N) is 1. The van der Waals surface area contributed by atoms with Gasteiger partial charge in [-0.25, -0.2) is 0 Å². The molecule has 0 spiro atoms. The molecule has 4 nitrogen and oxygen atoms in total. The van der Waals surface area contributed by atoms with Crippen molar-refractivity contribution in [3.63, 3.8) is 0 Å². The van der Waals surface area contributed by atoms with Crippen LogP contribution in [0.5, 0.6) is 0 Å². The molecule has 0 aromatic heterocycles. The molecule has 30 heavy (non-hydrogen) atoms. The Balaban J connectivity index is 2.31. The molecule has 0 saturated carbocycles. The highest BCUT2D eigenvalue weighted by Crippen LogP contribution is 2.43. The molecule has 0 bridgehead atoms. The summed E-state index contributed by atoms with van der Waals surface area (Å²) in [4.78, 5) is 25.5. The van der Waals surface area contributed by atoms with Gasteiger partial charge in [0, 0.05) is 31.0 Å². The Morgan fingerprint density at radius 1 is 1.27 bits per heavy atom. The Bertz CT molecular complexity index is 816. The molecule has 1 aromatic carbocycles. The molecule has 0 saturated heterocycles. The van der Waals surface area contributed by atoms with E-state index in [-0.39, 0.29) is 17.7 Å². The second-order valence-electron chi connectivity index (χ2n) is 10.5. The fourth-order valence-corrected chi connectivity index (χ4v) is 4.36. The number of carboxylic acids is 1. The summed E-state index contributed by atoms with van der Waals surface area (Å²) in [5.74, 6) is -0.452. The highest BCUT2D eigenvalue weighted by atomic mass is 16.4. The Kier molecular flexibility index (Phi) is 7.54. The monoisotopic (exact) mass is 413 g/mol. The van der Waals surface area contributed by atoms with Crippen LogP contribution in [0.3, 0.4) is 0 Å². The fraction of sp³-hybridized carbons (Fsp3) is 0.615. The lowest BCUT2D eigenvalue weighted by molar-refractivity contribution is -0.138. The Hall–Kier alpha value is -2.10. The van der Waals surface area contributed by atoms with Gasteiger partial charge < -0.3 is 10.0 Å². The second kappa shape index (κ2) is 9.36. The van der Waals surface area contributed by atoms with Gasteiger partial charge in [0.2, 0.25) is 5.91 Å². The van der Waals surface area contributed by atoms with Gasteiger partial charge >= 0.3 is 5.97 Å². The number of aryl methyl sites for hydroxylation is 2. The molecule has 0 radical (unpaired) electrons. The smallest absolute Gasteiger partial charge is 0.303 e. The summed E-state index contributed by atoms with van der Waals surface area (Å²) in [6, 6.07) is 6.71. The van der Waals surface area contributed by atoms with Gasteiger partial charge in [0.05, 0.1) is 0 Å². The Morgan fingerprint density at radius 2 is 1.93 bits per heavy atom. The number of rotatable bonds is 8. The molecular formula is C26H39NO3. The minimum absolute atomic E-state index is 0.0711. The quantitative estimate of drug-likeness (QED) is 0.580. The van der Waals surface area contributed by atoms with Gasteiger partial charge in [-0.15, -0.1) is 0 Å². The minimum atomic E-state index is -0.820. The van der Waals surface area contributed by atoms with Gasteiger partial charge in [0.15, 0.2) is 0 Å². The SMILES string of the molecule is Cc1cc(C2(C)CC(=O)N(CCCC(=O)O)C=C2C(C)C)ccc1CCC(C)(C)C. The van der Waals surface area contributed by atoms with E-state index in [2.05, 4.69) is 66.7 Å². The highest BCUT2D eigenvalue weighted by molar-refractivity contribution is 5.81. The zero-order valence-electron chi connectivity index (χ0n) is 19.8. The molecule has 1 aromatic rings. The average molecular weight is 414 g/mol. The number of carbonyl (C=O) groups is 2. The van der Waals surface area contributed by atoms with Crippen LogP contribution in [0.4, 0.5) is 0 Å². The van der Waals surface area contributed by atoms with Crippen molar-refractivity contribution >= 4 is 11.9 Å². The Labute approximate surface area is 182 Å². The molecular weight excluding hydrogens is 374 g/mol. The first kappa shape index (κ1) is 24.2. The van der Waals surface area contributed by atoms with E-state index in [4.69, 9.17) is 5.11 Å². The van der Waals surface area contributed by atoms with E-state index >= 15 is 0 Å². The van der Waals surface area contributed by atoms with Crippen molar-refractivity contribution in [3.05, 3.63) is 46.7 Å². The summed E-state index contributed by atoms with van der Waals surface area (Å²) in [6.07, 6.45) is 5.18. The van der Waals surface area contributed by atoms with Gasteiger partial charge in [-0.05, 0) is 59.8 Å². The van der Waals surface area contributed by atoms with Crippen LogP contribution in [-0.4, -0.2) is 28.4 Å². The molecule has 1 aliphatic heterocycles.